The number of nitrogens with zero attached hydrogens (tertiary/aromatic N) is 1. The number of guanidine groups is 1. The van der Waals surface area contributed by atoms with Crippen molar-refractivity contribution in [3.8, 4) is 11.5 Å². The van der Waals surface area contributed by atoms with Gasteiger partial charge >= 0.3 is 0 Å². The predicted molar refractivity (Wildman–Crippen MR) is 101 cm³/mol. The van der Waals surface area contributed by atoms with E-state index in [2.05, 4.69) is 15.6 Å². The number of carbonyl (C=O) groups excluding carboxylic acids is 2. The smallest absolute Gasteiger partial charge is 0.257 e. The van der Waals surface area contributed by atoms with Gasteiger partial charge in [0.25, 0.3) is 5.91 Å². The number of hydrogen-bond donors (Lipinski definition) is 2. The Hall–Kier alpha value is -3.35. The summed E-state index contributed by atoms with van der Waals surface area (Å²) in [4.78, 5) is 29.1. The SMILES string of the molecule is COc1ccc(OC)c(C2CC(=O)NC(NC(=O)c3ccc(C)cc3)=N2)c1. The molecule has 1 aliphatic heterocycles. The molecule has 2 aromatic carbocycles. The van der Waals surface area contributed by atoms with Crippen molar-refractivity contribution in [1.29, 1.82) is 0 Å². The molecule has 0 saturated carbocycles. The quantitative estimate of drug-likeness (QED) is 0.868. The number of rotatable bonds is 4. The van der Waals surface area contributed by atoms with Crippen molar-refractivity contribution in [2.24, 2.45) is 4.99 Å². The number of hydrogen-bond acceptors (Lipinski definition) is 5. The Morgan fingerprint density at radius 2 is 1.89 bits per heavy atom. The molecule has 0 aromatic heterocycles. The first kappa shape index (κ1) is 18.4. The molecular formula is C20H21N3O4. The second kappa shape index (κ2) is 7.90. The molecule has 1 unspecified atom stereocenters. The third-order valence-corrected chi connectivity index (χ3v) is 4.26. The highest BCUT2D eigenvalue weighted by Crippen LogP contribution is 2.34. The maximum atomic E-state index is 12.4. The molecule has 27 heavy (non-hydrogen) atoms. The van der Waals surface area contributed by atoms with Gasteiger partial charge in [-0.1, -0.05) is 17.7 Å². The number of benzene rings is 2. The van der Waals surface area contributed by atoms with Gasteiger partial charge in [0.1, 0.15) is 11.5 Å². The molecule has 0 bridgehead atoms. The van der Waals surface area contributed by atoms with Crippen LogP contribution in [0.3, 0.4) is 0 Å². The molecule has 1 heterocycles. The van der Waals surface area contributed by atoms with Crippen molar-refractivity contribution < 1.29 is 19.1 Å². The van der Waals surface area contributed by atoms with Crippen molar-refractivity contribution in [1.82, 2.24) is 10.6 Å². The molecule has 2 aromatic rings. The van der Waals surface area contributed by atoms with Crippen LogP contribution in [0.5, 0.6) is 11.5 Å². The van der Waals surface area contributed by atoms with Crippen LogP contribution in [0.4, 0.5) is 0 Å². The first-order valence-electron chi connectivity index (χ1n) is 8.47. The summed E-state index contributed by atoms with van der Waals surface area (Å²) in [7, 11) is 3.12. The number of carbonyl (C=O) groups is 2. The van der Waals surface area contributed by atoms with Crippen LogP contribution in [0.25, 0.3) is 0 Å². The minimum absolute atomic E-state index is 0.117. The zero-order valence-electron chi connectivity index (χ0n) is 15.4. The fourth-order valence-electron chi connectivity index (χ4n) is 2.82. The summed E-state index contributed by atoms with van der Waals surface area (Å²) in [6.45, 7) is 1.94. The topological polar surface area (TPSA) is 89.0 Å². The first-order chi connectivity index (χ1) is 13.0. The van der Waals surface area contributed by atoms with E-state index < -0.39 is 6.04 Å². The summed E-state index contributed by atoms with van der Waals surface area (Å²) in [6, 6.07) is 12.0. The van der Waals surface area contributed by atoms with Crippen LogP contribution in [0.1, 0.15) is 33.9 Å². The lowest BCUT2D eigenvalue weighted by Gasteiger charge is -2.23. The molecule has 7 heteroatoms. The molecule has 2 N–H and O–H groups in total. The third-order valence-electron chi connectivity index (χ3n) is 4.26. The van der Waals surface area contributed by atoms with E-state index in [9.17, 15) is 9.59 Å². The van der Waals surface area contributed by atoms with Crippen LogP contribution < -0.4 is 20.1 Å². The Kier molecular flexibility index (Phi) is 5.40. The average molecular weight is 367 g/mol. The molecular weight excluding hydrogens is 346 g/mol. The van der Waals surface area contributed by atoms with Crippen LogP contribution in [0.15, 0.2) is 47.5 Å². The highest BCUT2D eigenvalue weighted by molar-refractivity contribution is 6.10. The van der Waals surface area contributed by atoms with Crippen LogP contribution in [0, 0.1) is 6.92 Å². The Morgan fingerprint density at radius 3 is 2.56 bits per heavy atom. The lowest BCUT2D eigenvalue weighted by molar-refractivity contribution is -0.120. The average Bonchev–Trinajstić information content (AvgIpc) is 2.67. The molecule has 0 saturated heterocycles. The van der Waals surface area contributed by atoms with Crippen LogP contribution in [-0.4, -0.2) is 32.0 Å². The summed E-state index contributed by atoms with van der Waals surface area (Å²) >= 11 is 0. The molecule has 0 radical (unpaired) electrons. The van der Waals surface area contributed by atoms with E-state index in [1.807, 2.05) is 19.1 Å². The summed E-state index contributed by atoms with van der Waals surface area (Å²) in [5.41, 5.74) is 2.26. The van der Waals surface area contributed by atoms with Crippen molar-refractivity contribution >= 4 is 17.8 Å². The predicted octanol–water partition coefficient (Wildman–Crippen LogP) is 2.36. The molecule has 0 spiro atoms. The van der Waals surface area contributed by atoms with Gasteiger partial charge in [-0.3, -0.25) is 20.2 Å². The molecule has 3 rings (SSSR count). The minimum Gasteiger partial charge on any atom is -0.497 e. The zero-order chi connectivity index (χ0) is 19.4. The van der Waals surface area contributed by atoms with Gasteiger partial charge in [-0.15, -0.1) is 0 Å². The van der Waals surface area contributed by atoms with Crippen LogP contribution >= 0.6 is 0 Å². The Morgan fingerprint density at radius 1 is 1.15 bits per heavy atom. The fraction of sp³-hybridized carbons (Fsp3) is 0.250. The monoisotopic (exact) mass is 367 g/mol. The Balaban J connectivity index is 1.87. The van der Waals surface area contributed by atoms with E-state index in [0.717, 1.165) is 5.56 Å². The van der Waals surface area contributed by atoms with Gasteiger partial charge < -0.3 is 9.47 Å². The molecule has 0 aliphatic carbocycles. The Labute approximate surface area is 157 Å². The van der Waals surface area contributed by atoms with Crippen molar-refractivity contribution in [2.45, 2.75) is 19.4 Å². The molecule has 140 valence electrons. The molecule has 0 fully saturated rings. The Bertz CT molecular complexity index is 891. The number of aliphatic imine (C=N–C) groups is 1. The van der Waals surface area contributed by atoms with Crippen molar-refractivity contribution in [2.75, 3.05) is 14.2 Å². The summed E-state index contributed by atoms with van der Waals surface area (Å²) in [5.74, 6) is 0.777. The second-order valence-electron chi connectivity index (χ2n) is 6.17. The minimum atomic E-state index is -0.489. The van der Waals surface area contributed by atoms with Gasteiger partial charge in [0.15, 0.2) is 0 Å². The van der Waals surface area contributed by atoms with Crippen molar-refractivity contribution in [3.63, 3.8) is 0 Å². The number of methoxy groups -OCH3 is 2. The molecule has 2 amide bonds. The normalized spacial score (nSPS) is 16.2. The van der Waals surface area contributed by atoms with E-state index in [0.29, 0.717) is 22.6 Å². The molecule has 1 aliphatic rings. The molecule has 1 atom stereocenters. The third kappa shape index (κ3) is 4.25. The van der Waals surface area contributed by atoms with Gasteiger partial charge in [0.2, 0.25) is 11.9 Å². The van der Waals surface area contributed by atoms with Gasteiger partial charge in [0.05, 0.1) is 26.7 Å². The number of ether oxygens (including phenoxy) is 2. The van der Waals surface area contributed by atoms with E-state index >= 15 is 0 Å². The van der Waals surface area contributed by atoms with Gasteiger partial charge in [-0.05, 0) is 37.3 Å². The fourth-order valence-corrected chi connectivity index (χ4v) is 2.82. The largest absolute Gasteiger partial charge is 0.497 e. The summed E-state index contributed by atoms with van der Waals surface area (Å²) < 4.78 is 10.6. The zero-order valence-corrected chi connectivity index (χ0v) is 15.4. The van der Waals surface area contributed by atoms with Gasteiger partial charge in [-0.25, -0.2) is 4.99 Å². The number of nitrogens with one attached hydrogen (secondary N) is 2. The highest BCUT2D eigenvalue weighted by atomic mass is 16.5. The second-order valence-corrected chi connectivity index (χ2v) is 6.17. The first-order valence-corrected chi connectivity index (χ1v) is 8.47. The highest BCUT2D eigenvalue weighted by Gasteiger charge is 2.26. The van der Waals surface area contributed by atoms with Crippen molar-refractivity contribution in [3.05, 3.63) is 59.2 Å². The standard InChI is InChI=1S/C20H21N3O4/c1-12-4-6-13(7-5-12)19(25)23-20-21-16(11-18(24)22-20)15-10-14(26-2)8-9-17(15)27-3/h4-10,16H,11H2,1-3H3,(H2,21,22,23,24,25). The lowest BCUT2D eigenvalue weighted by Crippen LogP contribution is -2.47. The maximum Gasteiger partial charge on any atom is 0.257 e. The summed E-state index contributed by atoms with van der Waals surface area (Å²) in [5, 5.41) is 5.26. The van der Waals surface area contributed by atoms with Gasteiger partial charge in [0, 0.05) is 11.1 Å². The number of aryl methyl sites for hydroxylation is 1. The maximum absolute atomic E-state index is 12.4. The van der Waals surface area contributed by atoms with Crippen LogP contribution in [0.2, 0.25) is 0 Å². The number of amides is 2. The van der Waals surface area contributed by atoms with Gasteiger partial charge in [-0.2, -0.15) is 0 Å². The van der Waals surface area contributed by atoms with E-state index in [-0.39, 0.29) is 24.2 Å². The summed E-state index contributed by atoms with van der Waals surface area (Å²) in [6.07, 6.45) is 0.146. The lowest BCUT2D eigenvalue weighted by atomic mass is 10.0. The molecule has 7 nitrogen and oxygen atoms in total. The van der Waals surface area contributed by atoms with E-state index in [4.69, 9.17) is 9.47 Å². The van der Waals surface area contributed by atoms with E-state index in [1.165, 1.54) is 0 Å². The van der Waals surface area contributed by atoms with E-state index in [1.54, 1.807) is 44.6 Å². The van der Waals surface area contributed by atoms with Crippen LogP contribution in [-0.2, 0) is 4.79 Å².